The molecule has 0 radical (unpaired) electrons. The van der Waals surface area contributed by atoms with E-state index in [1.54, 1.807) is 6.20 Å². The zero-order valence-electron chi connectivity index (χ0n) is 13.9. The van der Waals surface area contributed by atoms with Crippen molar-refractivity contribution in [1.82, 2.24) is 9.88 Å². The van der Waals surface area contributed by atoms with Crippen LogP contribution in [0.5, 0.6) is 0 Å². The minimum Gasteiger partial charge on any atom is -0.373 e. The van der Waals surface area contributed by atoms with E-state index in [9.17, 15) is 4.79 Å². The maximum atomic E-state index is 12.3. The molecule has 24 heavy (non-hydrogen) atoms. The topological polar surface area (TPSA) is 54.5 Å². The van der Waals surface area contributed by atoms with Crippen LogP contribution in [0.1, 0.15) is 24.0 Å². The lowest BCUT2D eigenvalue weighted by atomic mass is 10.1. The lowest BCUT2D eigenvalue weighted by Crippen LogP contribution is -2.43. The van der Waals surface area contributed by atoms with Crippen molar-refractivity contribution in [3.05, 3.63) is 59.8 Å². The van der Waals surface area contributed by atoms with Gasteiger partial charge in [0.25, 0.3) is 0 Å². The molecule has 5 heteroatoms. The van der Waals surface area contributed by atoms with E-state index in [2.05, 4.69) is 22.4 Å². The average Bonchev–Trinajstić information content (AvgIpc) is 2.63. The van der Waals surface area contributed by atoms with Gasteiger partial charge in [-0.25, -0.2) is 9.78 Å². The van der Waals surface area contributed by atoms with Crippen molar-refractivity contribution in [1.29, 1.82) is 0 Å². The van der Waals surface area contributed by atoms with Crippen LogP contribution in [0, 0.1) is 6.92 Å². The molecule has 2 amide bonds. The van der Waals surface area contributed by atoms with Gasteiger partial charge in [0.2, 0.25) is 0 Å². The number of carbonyl (C=O) groups is 1. The molecule has 5 nitrogen and oxygen atoms in total. The van der Waals surface area contributed by atoms with E-state index < -0.39 is 0 Å². The van der Waals surface area contributed by atoms with E-state index in [4.69, 9.17) is 4.74 Å². The number of anilines is 1. The molecule has 0 atom stereocenters. The number of nitrogens with one attached hydrogen (secondary N) is 1. The molecular formula is C19H23N3O2. The zero-order valence-corrected chi connectivity index (χ0v) is 13.9. The Morgan fingerprint density at radius 1 is 1.21 bits per heavy atom. The molecule has 126 valence electrons. The van der Waals surface area contributed by atoms with Crippen LogP contribution in [0.3, 0.4) is 0 Å². The maximum Gasteiger partial charge on any atom is 0.323 e. The number of hydrogen-bond donors (Lipinski definition) is 1. The second kappa shape index (κ2) is 7.93. The number of rotatable bonds is 4. The molecule has 1 saturated heterocycles. The fourth-order valence-electron chi connectivity index (χ4n) is 2.74. The molecule has 1 aromatic heterocycles. The Morgan fingerprint density at radius 2 is 1.96 bits per heavy atom. The second-order valence-corrected chi connectivity index (χ2v) is 6.13. The molecule has 0 saturated carbocycles. The molecule has 0 bridgehead atoms. The lowest BCUT2D eigenvalue weighted by Gasteiger charge is -2.31. The highest BCUT2D eigenvalue weighted by Crippen LogP contribution is 2.16. The average molecular weight is 325 g/mol. The van der Waals surface area contributed by atoms with Crippen LogP contribution < -0.4 is 5.32 Å². The highest BCUT2D eigenvalue weighted by molar-refractivity contribution is 5.88. The number of aromatic nitrogens is 1. The summed E-state index contributed by atoms with van der Waals surface area (Å²) < 4.78 is 5.96. The van der Waals surface area contributed by atoms with Crippen molar-refractivity contribution in [2.45, 2.75) is 32.5 Å². The van der Waals surface area contributed by atoms with Gasteiger partial charge in [0, 0.05) is 19.3 Å². The van der Waals surface area contributed by atoms with Crippen molar-refractivity contribution in [2.24, 2.45) is 0 Å². The van der Waals surface area contributed by atoms with Crippen LogP contribution in [-0.4, -0.2) is 35.1 Å². The van der Waals surface area contributed by atoms with Gasteiger partial charge in [0.05, 0.1) is 12.7 Å². The smallest absolute Gasteiger partial charge is 0.323 e. The van der Waals surface area contributed by atoms with E-state index >= 15 is 0 Å². The Bertz CT molecular complexity index is 650. The number of pyridine rings is 1. The van der Waals surface area contributed by atoms with Crippen molar-refractivity contribution in [2.75, 3.05) is 18.4 Å². The van der Waals surface area contributed by atoms with Gasteiger partial charge >= 0.3 is 6.03 Å². The SMILES string of the molecule is Cc1ccc(NC(=O)N2CCC(OCc3ccccc3)CC2)nc1. The quantitative estimate of drug-likeness (QED) is 0.934. The summed E-state index contributed by atoms with van der Waals surface area (Å²) in [6.45, 7) is 4.01. The number of carbonyl (C=O) groups excluding carboxylic acids is 1. The lowest BCUT2D eigenvalue weighted by molar-refractivity contribution is 0.00540. The van der Waals surface area contributed by atoms with Gasteiger partial charge < -0.3 is 9.64 Å². The van der Waals surface area contributed by atoms with E-state index in [-0.39, 0.29) is 12.1 Å². The molecule has 1 aliphatic heterocycles. The number of piperidine rings is 1. The fourth-order valence-corrected chi connectivity index (χ4v) is 2.74. The third kappa shape index (κ3) is 4.55. The summed E-state index contributed by atoms with van der Waals surface area (Å²) in [6, 6.07) is 13.8. The molecule has 2 heterocycles. The number of urea groups is 1. The summed E-state index contributed by atoms with van der Waals surface area (Å²) in [5.74, 6) is 0.591. The normalized spacial score (nSPS) is 15.3. The van der Waals surface area contributed by atoms with Crippen LogP contribution in [-0.2, 0) is 11.3 Å². The van der Waals surface area contributed by atoms with Gasteiger partial charge in [-0.1, -0.05) is 36.4 Å². The summed E-state index contributed by atoms with van der Waals surface area (Å²) in [5.41, 5.74) is 2.26. The summed E-state index contributed by atoms with van der Waals surface area (Å²) in [5, 5.41) is 2.85. The van der Waals surface area contributed by atoms with Crippen LogP contribution in [0.4, 0.5) is 10.6 Å². The Kier molecular flexibility index (Phi) is 5.43. The summed E-state index contributed by atoms with van der Waals surface area (Å²) in [4.78, 5) is 18.3. The first-order valence-electron chi connectivity index (χ1n) is 8.35. The van der Waals surface area contributed by atoms with Gasteiger partial charge in [-0.15, -0.1) is 0 Å². The highest BCUT2D eigenvalue weighted by atomic mass is 16.5. The fraction of sp³-hybridized carbons (Fsp3) is 0.368. The second-order valence-electron chi connectivity index (χ2n) is 6.13. The molecule has 3 rings (SSSR count). The molecule has 0 spiro atoms. The van der Waals surface area contributed by atoms with E-state index in [0.29, 0.717) is 25.5 Å². The third-order valence-electron chi connectivity index (χ3n) is 4.20. The van der Waals surface area contributed by atoms with Gasteiger partial charge in [-0.05, 0) is 37.0 Å². The Hall–Kier alpha value is -2.40. The summed E-state index contributed by atoms with van der Waals surface area (Å²) in [7, 11) is 0. The first-order valence-corrected chi connectivity index (χ1v) is 8.35. The number of hydrogen-bond acceptors (Lipinski definition) is 3. The molecular weight excluding hydrogens is 302 g/mol. The van der Waals surface area contributed by atoms with Crippen molar-refractivity contribution in [3.63, 3.8) is 0 Å². The molecule has 2 aromatic rings. The van der Waals surface area contributed by atoms with Crippen molar-refractivity contribution in [3.8, 4) is 0 Å². The summed E-state index contributed by atoms with van der Waals surface area (Å²) in [6.07, 6.45) is 3.69. The van der Waals surface area contributed by atoms with Gasteiger partial charge in [0.15, 0.2) is 0 Å². The van der Waals surface area contributed by atoms with Crippen LogP contribution >= 0.6 is 0 Å². The molecule has 0 aliphatic carbocycles. The number of likely N-dealkylation sites (tertiary alicyclic amines) is 1. The van der Waals surface area contributed by atoms with E-state index in [1.165, 1.54) is 5.56 Å². The monoisotopic (exact) mass is 325 g/mol. The van der Waals surface area contributed by atoms with E-state index in [0.717, 1.165) is 18.4 Å². The van der Waals surface area contributed by atoms with Crippen molar-refractivity contribution < 1.29 is 9.53 Å². The van der Waals surface area contributed by atoms with Crippen molar-refractivity contribution >= 4 is 11.8 Å². The number of amides is 2. The molecule has 1 aromatic carbocycles. The number of ether oxygens (including phenoxy) is 1. The molecule has 1 N–H and O–H groups in total. The molecule has 1 aliphatic rings. The third-order valence-corrected chi connectivity index (χ3v) is 4.20. The number of benzene rings is 1. The largest absolute Gasteiger partial charge is 0.373 e. The maximum absolute atomic E-state index is 12.3. The first kappa shape index (κ1) is 16.5. The Morgan fingerprint density at radius 3 is 2.62 bits per heavy atom. The molecule has 1 fully saturated rings. The standard InChI is InChI=1S/C19H23N3O2/c1-15-7-8-18(20-13-15)21-19(23)22-11-9-17(10-12-22)24-14-16-5-3-2-4-6-16/h2-8,13,17H,9-12,14H2,1H3,(H,20,21,23). The number of aryl methyl sites for hydroxylation is 1. The van der Waals surface area contributed by atoms with E-state index in [1.807, 2.05) is 42.2 Å². The van der Waals surface area contributed by atoms with Crippen LogP contribution in [0.25, 0.3) is 0 Å². The van der Waals surface area contributed by atoms with Crippen LogP contribution in [0.2, 0.25) is 0 Å². The predicted molar refractivity (Wildman–Crippen MR) is 93.8 cm³/mol. The minimum absolute atomic E-state index is 0.0899. The predicted octanol–water partition coefficient (Wildman–Crippen LogP) is 3.60. The Balaban J connectivity index is 1.42. The highest BCUT2D eigenvalue weighted by Gasteiger charge is 2.23. The Labute approximate surface area is 142 Å². The summed E-state index contributed by atoms with van der Waals surface area (Å²) >= 11 is 0. The van der Waals surface area contributed by atoms with Gasteiger partial charge in [-0.2, -0.15) is 0 Å². The molecule has 0 unspecified atom stereocenters. The minimum atomic E-state index is -0.0899. The first-order chi connectivity index (χ1) is 11.7. The van der Waals surface area contributed by atoms with Crippen LogP contribution in [0.15, 0.2) is 48.7 Å². The van der Waals surface area contributed by atoms with Gasteiger partial charge in [-0.3, -0.25) is 5.32 Å². The number of nitrogens with zero attached hydrogens (tertiary/aromatic N) is 2. The van der Waals surface area contributed by atoms with Gasteiger partial charge in [0.1, 0.15) is 5.82 Å². The zero-order chi connectivity index (χ0) is 16.8.